The van der Waals surface area contributed by atoms with E-state index in [0.29, 0.717) is 0 Å². The fourth-order valence-electron chi connectivity index (χ4n) is 3.08. The van der Waals surface area contributed by atoms with Crippen LogP contribution in [0, 0.1) is 0 Å². The summed E-state index contributed by atoms with van der Waals surface area (Å²) in [6.07, 6.45) is 0. The van der Waals surface area contributed by atoms with Crippen LogP contribution >= 0.6 is 0 Å². The van der Waals surface area contributed by atoms with Crippen molar-refractivity contribution in [2.24, 2.45) is 22.9 Å². The summed E-state index contributed by atoms with van der Waals surface area (Å²) in [5.74, 6) is -5.00. The molecule has 0 spiro atoms. The number of nitrogens with zero attached hydrogens (tertiary/aromatic N) is 4. The maximum atomic E-state index is 11.2. The van der Waals surface area contributed by atoms with Gasteiger partial charge in [-0.05, 0) is 0 Å². The predicted molar refractivity (Wildman–Crippen MR) is 118 cm³/mol. The van der Waals surface area contributed by atoms with E-state index in [1.807, 2.05) is 0 Å². The Balaban J connectivity index is 5.13. The van der Waals surface area contributed by atoms with Gasteiger partial charge in [-0.15, -0.1) is 0 Å². The van der Waals surface area contributed by atoms with Gasteiger partial charge < -0.3 is 33.1 Å². The van der Waals surface area contributed by atoms with Gasteiger partial charge in [0, 0.05) is 39.3 Å². The standard InChI is InChI=1S/C18H34N8O8/c19-13(27)7-25(8-14(20)28)5-3-23(11-17(31)32)1-2-24(12-18(33)34)4-6-26(9-15(21)29)10-16(22)30/h1-12H2,(H2,19,27)(H2,20,28)(H2,21,29)(H2,22,30)(H,31,32)(H,33,34). The second-order valence-corrected chi connectivity index (χ2v) is 7.63. The Morgan fingerprint density at radius 1 is 0.412 bits per heavy atom. The first-order valence-corrected chi connectivity index (χ1v) is 10.2. The van der Waals surface area contributed by atoms with Crippen molar-refractivity contribution >= 4 is 35.6 Å². The smallest absolute Gasteiger partial charge is 0.317 e. The Bertz CT molecular complexity index is 643. The van der Waals surface area contributed by atoms with Crippen molar-refractivity contribution in [1.82, 2.24) is 19.6 Å². The molecule has 0 saturated carbocycles. The summed E-state index contributed by atoms with van der Waals surface area (Å²) < 4.78 is 0. The lowest BCUT2D eigenvalue weighted by atomic mass is 10.3. The fourth-order valence-corrected chi connectivity index (χ4v) is 3.08. The topological polar surface area (TPSA) is 260 Å². The summed E-state index contributed by atoms with van der Waals surface area (Å²) in [7, 11) is 0. The zero-order valence-electron chi connectivity index (χ0n) is 18.9. The molecule has 0 rings (SSSR count). The van der Waals surface area contributed by atoms with Crippen molar-refractivity contribution in [3.8, 4) is 0 Å². The van der Waals surface area contributed by atoms with Gasteiger partial charge >= 0.3 is 11.9 Å². The summed E-state index contributed by atoms with van der Waals surface area (Å²) in [6, 6.07) is 0. The van der Waals surface area contributed by atoms with Crippen molar-refractivity contribution in [3.63, 3.8) is 0 Å². The van der Waals surface area contributed by atoms with Crippen molar-refractivity contribution in [1.29, 1.82) is 0 Å². The van der Waals surface area contributed by atoms with E-state index < -0.39 is 35.6 Å². The lowest BCUT2D eigenvalue weighted by Gasteiger charge is -2.29. The molecule has 0 aromatic heterocycles. The highest BCUT2D eigenvalue weighted by atomic mass is 16.4. The van der Waals surface area contributed by atoms with E-state index in [4.69, 9.17) is 22.9 Å². The van der Waals surface area contributed by atoms with E-state index in [9.17, 15) is 39.0 Å². The summed E-state index contributed by atoms with van der Waals surface area (Å²) >= 11 is 0. The van der Waals surface area contributed by atoms with Crippen LogP contribution in [-0.4, -0.2) is 144 Å². The monoisotopic (exact) mass is 490 g/mol. The minimum absolute atomic E-state index is 0.114. The number of hydrogen-bond donors (Lipinski definition) is 6. The van der Waals surface area contributed by atoms with Gasteiger partial charge in [-0.1, -0.05) is 0 Å². The minimum Gasteiger partial charge on any atom is -0.480 e. The number of carboxylic acid groups (broad SMARTS) is 2. The summed E-state index contributed by atoms with van der Waals surface area (Å²) in [6.45, 7) is -0.990. The number of amides is 4. The van der Waals surface area contributed by atoms with Crippen molar-refractivity contribution in [2.75, 3.05) is 78.5 Å². The molecule has 0 radical (unpaired) electrons. The van der Waals surface area contributed by atoms with E-state index in [0.717, 1.165) is 0 Å². The third kappa shape index (κ3) is 17.2. The van der Waals surface area contributed by atoms with Crippen LogP contribution in [0.1, 0.15) is 0 Å². The number of aliphatic carboxylic acids is 2. The summed E-state index contributed by atoms with van der Waals surface area (Å²) in [5, 5.41) is 18.4. The molecule has 0 aromatic rings. The predicted octanol–water partition coefficient (Wildman–Crippen LogP) is -5.70. The van der Waals surface area contributed by atoms with Gasteiger partial charge in [-0.3, -0.25) is 48.4 Å². The van der Waals surface area contributed by atoms with Gasteiger partial charge in [0.05, 0.1) is 39.3 Å². The number of nitrogens with two attached hydrogens (primary N) is 4. The second kappa shape index (κ2) is 16.3. The van der Waals surface area contributed by atoms with Gasteiger partial charge in [0.1, 0.15) is 0 Å². The molecule has 0 atom stereocenters. The highest BCUT2D eigenvalue weighted by molar-refractivity contribution is 5.79. The van der Waals surface area contributed by atoms with E-state index in [1.165, 1.54) is 19.6 Å². The number of primary amides is 4. The first-order valence-electron chi connectivity index (χ1n) is 10.2. The molecular weight excluding hydrogens is 456 g/mol. The SMILES string of the molecule is NC(=O)CN(CCN(CCN(CCN(CC(N)=O)CC(N)=O)CC(=O)O)CC(=O)O)CC(N)=O. The molecule has 16 nitrogen and oxygen atoms in total. The largest absolute Gasteiger partial charge is 0.480 e. The van der Waals surface area contributed by atoms with Gasteiger partial charge in [0.2, 0.25) is 23.6 Å². The molecule has 0 aliphatic carbocycles. The molecular formula is C18H34N8O8. The molecule has 0 aromatic carbocycles. The van der Waals surface area contributed by atoms with Crippen LogP contribution in [-0.2, 0) is 28.8 Å². The van der Waals surface area contributed by atoms with Gasteiger partial charge in [0.25, 0.3) is 0 Å². The van der Waals surface area contributed by atoms with E-state index >= 15 is 0 Å². The molecule has 10 N–H and O–H groups in total. The van der Waals surface area contributed by atoms with Crippen molar-refractivity contribution in [3.05, 3.63) is 0 Å². The maximum Gasteiger partial charge on any atom is 0.317 e. The van der Waals surface area contributed by atoms with Crippen LogP contribution in [0.15, 0.2) is 0 Å². The molecule has 0 fully saturated rings. The van der Waals surface area contributed by atoms with E-state index in [2.05, 4.69) is 0 Å². The number of hydrogen-bond acceptors (Lipinski definition) is 10. The average Bonchev–Trinajstić information content (AvgIpc) is 2.64. The quantitative estimate of drug-likeness (QED) is 0.0879. The lowest BCUT2D eigenvalue weighted by Crippen LogP contribution is -2.47. The number of rotatable bonds is 21. The van der Waals surface area contributed by atoms with E-state index in [1.54, 1.807) is 0 Å². The van der Waals surface area contributed by atoms with Gasteiger partial charge in [0.15, 0.2) is 0 Å². The number of carbonyl (C=O) groups is 6. The Morgan fingerprint density at radius 3 is 0.794 bits per heavy atom. The molecule has 16 heteroatoms. The van der Waals surface area contributed by atoms with Crippen molar-refractivity contribution < 1.29 is 39.0 Å². The van der Waals surface area contributed by atoms with Crippen LogP contribution in [0.3, 0.4) is 0 Å². The van der Waals surface area contributed by atoms with Crippen LogP contribution in [0.2, 0.25) is 0 Å². The highest BCUT2D eigenvalue weighted by Crippen LogP contribution is 1.98. The summed E-state index contributed by atoms with van der Waals surface area (Å²) in [4.78, 5) is 73.0. The molecule has 0 bridgehead atoms. The lowest BCUT2D eigenvalue weighted by molar-refractivity contribution is -0.140. The summed E-state index contributed by atoms with van der Waals surface area (Å²) in [5.41, 5.74) is 20.6. The molecule has 4 amide bonds. The van der Waals surface area contributed by atoms with Crippen molar-refractivity contribution in [2.45, 2.75) is 0 Å². The average molecular weight is 491 g/mol. The Morgan fingerprint density at radius 2 is 0.618 bits per heavy atom. The zero-order chi connectivity index (χ0) is 26.3. The normalized spacial score (nSPS) is 11.3. The third-order valence-corrected chi connectivity index (χ3v) is 4.43. The van der Waals surface area contributed by atoms with Gasteiger partial charge in [-0.2, -0.15) is 0 Å². The molecule has 0 aliphatic rings. The molecule has 0 aliphatic heterocycles. The fraction of sp³-hybridized carbons (Fsp3) is 0.667. The molecule has 194 valence electrons. The van der Waals surface area contributed by atoms with Gasteiger partial charge in [-0.25, -0.2) is 0 Å². The number of carboxylic acids is 2. The minimum atomic E-state index is -1.13. The van der Waals surface area contributed by atoms with E-state index in [-0.39, 0.29) is 78.5 Å². The first-order chi connectivity index (χ1) is 15.8. The molecule has 0 unspecified atom stereocenters. The molecule has 34 heavy (non-hydrogen) atoms. The Hall–Kier alpha value is -3.34. The van der Waals surface area contributed by atoms with Crippen LogP contribution in [0.5, 0.6) is 0 Å². The Labute approximate surface area is 196 Å². The first kappa shape index (κ1) is 30.7. The maximum absolute atomic E-state index is 11.2. The number of carbonyl (C=O) groups excluding carboxylic acids is 4. The Kier molecular flexibility index (Phi) is 14.7. The molecule has 0 heterocycles. The van der Waals surface area contributed by atoms with Crippen LogP contribution < -0.4 is 22.9 Å². The zero-order valence-corrected chi connectivity index (χ0v) is 18.9. The highest BCUT2D eigenvalue weighted by Gasteiger charge is 2.19. The second-order valence-electron chi connectivity index (χ2n) is 7.63. The molecule has 0 saturated heterocycles. The third-order valence-electron chi connectivity index (χ3n) is 4.43. The van der Waals surface area contributed by atoms with Crippen LogP contribution in [0.25, 0.3) is 0 Å². The van der Waals surface area contributed by atoms with Crippen LogP contribution in [0.4, 0.5) is 0 Å².